The summed E-state index contributed by atoms with van der Waals surface area (Å²) in [6, 6.07) is 20.7. The zero-order valence-corrected chi connectivity index (χ0v) is 16.6. The Morgan fingerprint density at radius 1 is 0.935 bits per heavy atom. The normalized spacial score (nSPS) is 11.6. The number of aryl methyl sites for hydroxylation is 1. The van der Waals surface area contributed by atoms with Crippen molar-refractivity contribution in [1.82, 2.24) is 14.8 Å². The van der Waals surface area contributed by atoms with E-state index in [1.54, 1.807) is 31.3 Å². The molecule has 0 aliphatic carbocycles. The number of H-pyrrole nitrogens is 2. The Morgan fingerprint density at radius 3 is 2.52 bits per heavy atom. The molecule has 7 heteroatoms. The van der Waals surface area contributed by atoms with Crippen molar-refractivity contribution in [1.29, 1.82) is 0 Å². The molecule has 2 heterocycles. The van der Waals surface area contributed by atoms with Crippen LogP contribution in [0.5, 0.6) is 5.75 Å². The summed E-state index contributed by atoms with van der Waals surface area (Å²) in [6.07, 6.45) is 1.41. The molecule has 0 atom stereocenters. The third-order valence-electron chi connectivity index (χ3n) is 5.42. The Hall–Kier alpha value is -4.39. The van der Waals surface area contributed by atoms with E-state index in [0.29, 0.717) is 16.6 Å². The molecule has 0 aliphatic heterocycles. The summed E-state index contributed by atoms with van der Waals surface area (Å²) in [4.78, 5) is 29.9. The van der Waals surface area contributed by atoms with Crippen molar-refractivity contribution in [3.05, 3.63) is 93.0 Å². The maximum Gasteiger partial charge on any atom is 0.273 e. The third kappa shape index (κ3) is 3.03. The second-order valence-electron chi connectivity index (χ2n) is 7.26. The molecular formula is C24H18N4O3. The van der Waals surface area contributed by atoms with Crippen LogP contribution in [-0.4, -0.2) is 26.1 Å². The highest BCUT2D eigenvalue weighted by Gasteiger charge is 2.21. The van der Waals surface area contributed by atoms with Crippen LogP contribution in [0.3, 0.4) is 0 Å². The number of aliphatic imine (C=N–C) groups is 1. The fourth-order valence-electron chi connectivity index (χ4n) is 3.79. The zero-order chi connectivity index (χ0) is 21.5. The van der Waals surface area contributed by atoms with Gasteiger partial charge in [0.15, 0.2) is 0 Å². The molecule has 0 radical (unpaired) electrons. The van der Waals surface area contributed by atoms with Gasteiger partial charge in [-0.25, -0.2) is 0 Å². The van der Waals surface area contributed by atoms with Gasteiger partial charge in [0, 0.05) is 18.6 Å². The lowest BCUT2D eigenvalue weighted by atomic mass is 10.0. The maximum absolute atomic E-state index is 13.0. The van der Waals surface area contributed by atoms with Crippen LogP contribution in [0.2, 0.25) is 0 Å². The summed E-state index contributed by atoms with van der Waals surface area (Å²) in [6.45, 7) is 0. The molecule has 0 aliphatic rings. The van der Waals surface area contributed by atoms with Gasteiger partial charge < -0.3 is 9.67 Å². The van der Waals surface area contributed by atoms with Crippen LogP contribution in [-0.2, 0) is 7.05 Å². The first-order valence-corrected chi connectivity index (χ1v) is 9.69. The molecule has 3 aromatic carbocycles. The molecule has 5 rings (SSSR count). The quantitative estimate of drug-likeness (QED) is 0.394. The van der Waals surface area contributed by atoms with E-state index in [1.165, 1.54) is 10.8 Å². The Bertz CT molecular complexity index is 1610. The number of rotatable bonds is 3. The van der Waals surface area contributed by atoms with Gasteiger partial charge in [-0.05, 0) is 35.0 Å². The first kappa shape index (κ1) is 18.6. The number of pyridine rings is 1. The molecular weight excluding hydrogens is 392 g/mol. The third-order valence-corrected chi connectivity index (χ3v) is 5.42. The van der Waals surface area contributed by atoms with Crippen LogP contribution in [0.1, 0.15) is 5.56 Å². The zero-order valence-electron chi connectivity index (χ0n) is 16.6. The van der Waals surface area contributed by atoms with E-state index in [9.17, 15) is 14.7 Å². The summed E-state index contributed by atoms with van der Waals surface area (Å²) in [7, 11) is 1.63. The lowest BCUT2D eigenvalue weighted by molar-refractivity contribution is 0.481. The fraction of sp³-hybridized carbons (Fsp3) is 0.0417. The summed E-state index contributed by atoms with van der Waals surface area (Å²) in [5.41, 5.74) is 0.772. The monoisotopic (exact) mass is 410 g/mol. The molecule has 31 heavy (non-hydrogen) atoms. The predicted octanol–water partition coefficient (Wildman–Crippen LogP) is 3.83. The maximum atomic E-state index is 13.0. The van der Waals surface area contributed by atoms with Crippen LogP contribution in [0, 0.1) is 0 Å². The smallest absolute Gasteiger partial charge is 0.273 e. The van der Waals surface area contributed by atoms with E-state index in [-0.39, 0.29) is 22.6 Å². The number of aromatic hydroxyl groups is 1. The van der Waals surface area contributed by atoms with Crippen molar-refractivity contribution < 1.29 is 5.11 Å². The molecule has 0 saturated carbocycles. The van der Waals surface area contributed by atoms with Crippen LogP contribution >= 0.6 is 0 Å². The first-order valence-electron chi connectivity index (χ1n) is 9.69. The van der Waals surface area contributed by atoms with E-state index < -0.39 is 11.1 Å². The molecule has 5 aromatic rings. The van der Waals surface area contributed by atoms with Crippen molar-refractivity contribution in [2.24, 2.45) is 12.0 Å². The van der Waals surface area contributed by atoms with Gasteiger partial charge in [0.2, 0.25) is 0 Å². The predicted molar refractivity (Wildman–Crippen MR) is 122 cm³/mol. The minimum absolute atomic E-state index is 0.0134. The lowest BCUT2D eigenvalue weighted by Crippen LogP contribution is -2.20. The van der Waals surface area contributed by atoms with Crippen molar-refractivity contribution >= 4 is 33.6 Å². The Morgan fingerprint density at radius 2 is 1.68 bits per heavy atom. The van der Waals surface area contributed by atoms with E-state index in [0.717, 1.165) is 10.8 Å². The van der Waals surface area contributed by atoms with Crippen LogP contribution in [0.25, 0.3) is 32.9 Å². The summed E-state index contributed by atoms with van der Waals surface area (Å²) < 4.78 is 1.44. The molecule has 0 fully saturated rings. The summed E-state index contributed by atoms with van der Waals surface area (Å²) >= 11 is 0. The van der Waals surface area contributed by atoms with Crippen LogP contribution in [0.15, 0.2) is 81.3 Å². The van der Waals surface area contributed by atoms with E-state index >= 15 is 0 Å². The molecule has 0 amide bonds. The Labute approximate surface area is 175 Å². The molecule has 0 spiro atoms. The highest BCUT2D eigenvalue weighted by Crippen LogP contribution is 2.32. The van der Waals surface area contributed by atoms with Gasteiger partial charge in [-0.3, -0.25) is 24.8 Å². The lowest BCUT2D eigenvalue weighted by Gasteiger charge is -2.11. The summed E-state index contributed by atoms with van der Waals surface area (Å²) in [5, 5.41) is 18.7. The fourth-order valence-corrected chi connectivity index (χ4v) is 3.79. The number of nitrogens with one attached hydrogen (secondary N) is 2. The number of hydrogen-bond acceptors (Lipinski definition) is 4. The number of hydrogen-bond donors (Lipinski definition) is 3. The topological polar surface area (TPSA) is 103 Å². The van der Waals surface area contributed by atoms with Crippen molar-refractivity contribution in [2.45, 2.75) is 0 Å². The molecule has 152 valence electrons. The average molecular weight is 410 g/mol. The highest BCUT2D eigenvalue weighted by atomic mass is 16.3. The van der Waals surface area contributed by atoms with Gasteiger partial charge in [0.1, 0.15) is 11.3 Å². The number of fused-ring (bicyclic) bond motifs is 2. The Balaban J connectivity index is 1.66. The molecule has 7 nitrogen and oxygen atoms in total. The Kier molecular flexibility index (Phi) is 4.29. The van der Waals surface area contributed by atoms with Gasteiger partial charge in [-0.2, -0.15) is 0 Å². The number of nitrogens with zero attached hydrogens (tertiary/aromatic N) is 2. The van der Waals surface area contributed by atoms with Crippen LogP contribution in [0.4, 0.5) is 5.69 Å². The standard InChI is InChI=1S/C24H18N4O3/c1-28-19-9-5-4-8-17(19)22(29)20(24(28)31)21-18(23(30)27-26-21)13-25-16-11-10-14-6-2-3-7-15(14)12-16/h2-13,29H,1H3,(H2,26,27,30). The van der Waals surface area contributed by atoms with Gasteiger partial charge >= 0.3 is 0 Å². The highest BCUT2D eigenvalue weighted by molar-refractivity contribution is 5.96. The minimum Gasteiger partial charge on any atom is -0.506 e. The largest absolute Gasteiger partial charge is 0.506 e. The molecule has 2 aromatic heterocycles. The van der Waals surface area contributed by atoms with Crippen molar-refractivity contribution in [3.63, 3.8) is 0 Å². The summed E-state index contributed by atoms with van der Waals surface area (Å²) in [5.74, 6) is -0.186. The average Bonchev–Trinajstić information content (AvgIpc) is 3.16. The number of aromatic nitrogens is 3. The SMILES string of the molecule is Cn1c(=O)c(-c2[nH][nH]c(=O)c2C=Nc2ccc3ccccc3c2)c(O)c2ccccc21. The molecule has 3 N–H and O–H groups in total. The minimum atomic E-state index is -0.436. The number of benzene rings is 3. The van der Waals surface area contributed by atoms with Gasteiger partial charge in [-0.15, -0.1) is 0 Å². The van der Waals surface area contributed by atoms with E-state index in [2.05, 4.69) is 15.2 Å². The molecule has 0 bridgehead atoms. The van der Waals surface area contributed by atoms with Gasteiger partial charge in [0.05, 0.1) is 22.5 Å². The number of aromatic amines is 2. The van der Waals surface area contributed by atoms with Gasteiger partial charge in [-0.1, -0.05) is 42.5 Å². The van der Waals surface area contributed by atoms with Crippen molar-refractivity contribution in [2.75, 3.05) is 0 Å². The van der Waals surface area contributed by atoms with Crippen molar-refractivity contribution in [3.8, 4) is 17.0 Å². The first-order chi connectivity index (χ1) is 15.0. The van der Waals surface area contributed by atoms with E-state index in [1.807, 2.05) is 42.5 Å². The van der Waals surface area contributed by atoms with E-state index in [4.69, 9.17) is 0 Å². The molecule has 0 unspecified atom stereocenters. The van der Waals surface area contributed by atoms with Gasteiger partial charge in [0.25, 0.3) is 11.1 Å². The number of para-hydroxylation sites is 1. The second kappa shape index (κ2) is 7.14. The molecule has 0 saturated heterocycles. The second-order valence-corrected chi connectivity index (χ2v) is 7.26. The van der Waals surface area contributed by atoms with Crippen LogP contribution < -0.4 is 11.1 Å².